The van der Waals surface area contributed by atoms with Gasteiger partial charge in [-0.1, -0.05) is 23.2 Å². The van der Waals surface area contributed by atoms with Crippen molar-refractivity contribution in [1.82, 2.24) is 10.2 Å². The molecule has 1 unspecified atom stereocenters. The predicted molar refractivity (Wildman–Crippen MR) is 104 cm³/mol. The molecule has 0 bridgehead atoms. The maximum absolute atomic E-state index is 12.3. The van der Waals surface area contributed by atoms with E-state index < -0.39 is 0 Å². The molecule has 1 aromatic carbocycles. The second-order valence-electron chi connectivity index (χ2n) is 6.74. The molecule has 0 aliphatic carbocycles. The molecule has 140 valence electrons. The van der Waals surface area contributed by atoms with Gasteiger partial charge in [-0.25, -0.2) is 0 Å². The van der Waals surface area contributed by atoms with Gasteiger partial charge in [-0.15, -0.1) is 12.4 Å². The summed E-state index contributed by atoms with van der Waals surface area (Å²) in [6, 6.07) is 5.63. The molecule has 2 fully saturated rings. The summed E-state index contributed by atoms with van der Waals surface area (Å²) in [5.41, 5.74) is 0. The van der Waals surface area contributed by atoms with Crippen LogP contribution in [-0.4, -0.2) is 43.1 Å². The Balaban J connectivity index is 0.00000225. The van der Waals surface area contributed by atoms with Gasteiger partial charge < -0.3 is 15.0 Å². The molecule has 0 spiro atoms. The number of rotatable bonds is 5. The van der Waals surface area contributed by atoms with E-state index in [1.54, 1.807) is 18.2 Å². The molecule has 25 heavy (non-hydrogen) atoms. The molecular weight excluding hydrogens is 383 g/mol. The van der Waals surface area contributed by atoms with Gasteiger partial charge in [0.1, 0.15) is 5.75 Å². The topological polar surface area (TPSA) is 41.6 Å². The summed E-state index contributed by atoms with van der Waals surface area (Å²) in [7, 11) is 0. The Morgan fingerprint density at radius 3 is 2.44 bits per heavy atom. The highest BCUT2D eigenvalue weighted by Gasteiger charge is 2.26. The standard InChI is InChI=1S/C18H24Cl2N2O2.ClH/c19-14-8-15(20)10-17(9-14)24-12-13-3-6-22(7-4-13)18(23)11-16-2-1-5-21-16;/h8-10,13,16,21H,1-7,11-12H2;1H. The van der Waals surface area contributed by atoms with Crippen molar-refractivity contribution in [3.63, 3.8) is 0 Å². The summed E-state index contributed by atoms with van der Waals surface area (Å²) < 4.78 is 5.83. The zero-order valence-electron chi connectivity index (χ0n) is 14.2. The first kappa shape index (κ1) is 20.6. The molecule has 0 saturated carbocycles. The maximum atomic E-state index is 12.3. The third-order valence-corrected chi connectivity index (χ3v) is 5.31. The number of hydrogen-bond donors (Lipinski definition) is 1. The van der Waals surface area contributed by atoms with Crippen molar-refractivity contribution in [2.75, 3.05) is 26.2 Å². The third-order valence-electron chi connectivity index (χ3n) is 4.87. The molecule has 7 heteroatoms. The summed E-state index contributed by atoms with van der Waals surface area (Å²) in [5.74, 6) is 1.46. The number of likely N-dealkylation sites (tertiary alicyclic amines) is 1. The number of carbonyl (C=O) groups excluding carboxylic acids is 1. The van der Waals surface area contributed by atoms with E-state index in [-0.39, 0.29) is 18.3 Å². The number of halogens is 3. The Kier molecular flexibility index (Phi) is 8.14. The molecule has 1 N–H and O–H groups in total. The Labute approximate surface area is 165 Å². The molecule has 0 aromatic heterocycles. The highest BCUT2D eigenvalue weighted by atomic mass is 35.5. The smallest absolute Gasteiger partial charge is 0.224 e. The van der Waals surface area contributed by atoms with E-state index in [2.05, 4.69) is 5.32 Å². The van der Waals surface area contributed by atoms with Crippen LogP contribution in [-0.2, 0) is 4.79 Å². The fourth-order valence-electron chi connectivity index (χ4n) is 3.45. The van der Waals surface area contributed by atoms with E-state index in [0.717, 1.165) is 38.9 Å². The number of carbonyl (C=O) groups is 1. The monoisotopic (exact) mass is 406 g/mol. The minimum absolute atomic E-state index is 0. The maximum Gasteiger partial charge on any atom is 0.224 e. The van der Waals surface area contributed by atoms with Crippen LogP contribution in [0, 0.1) is 5.92 Å². The lowest BCUT2D eigenvalue weighted by Crippen LogP contribution is -2.41. The van der Waals surface area contributed by atoms with Gasteiger partial charge in [0.25, 0.3) is 0 Å². The average molecular weight is 408 g/mol. The van der Waals surface area contributed by atoms with Gasteiger partial charge in [0, 0.05) is 35.6 Å². The lowest BCUT2D eigenvalue weighted by atomic mass is 9.97. The number of hydrogen-bond acceptors (Lipinski definition) is 3. The van der Waals surface area contributed by atoms with Crippen LogP contribution in [0.3, 0.4) is 0 Å². The van der Waals surface area contributed by atoms with Crippen LogP contribution in [0.4, 0.5) is 0 Å². The molecule has 0 radical (unpaired) electrons. The fourth-order valence-corrected chi connectivity index (χ4v) is 3.95. The molecule has 2 heterocycles. The second kappa shape index (κ2) is 9.86. The summed E-state index contributed by atoms with van der Waals surface area (Å²) in [5, 5.41) is 4.56. The molecular formula is C18H25Cl3N2O2. The fraction of sp³-hybridized carbons (Fsp3) is 0.611. The van der Waals surface area contributed by atoms with E-state index in [0.29, 0.717) is 40.8 Å². The minimum Gasteiger partial charge on any atom is -0.493 e. The minimum atomic E-state index is 0. The Morgan fingerprint density at radius 2 is 1.84 bits per heavy atom. The first-order valence-electron chi connectivity index (χ1n) is 8.70. The van der Waals surface area contributed by atoms with Gasteiger partial charge in [-0.2, -0.15) is 0 Å². The second-order valence-corrected chi connectivity index (χ2v) is 7.61. The normalized spacial score (nSPS) is 21.0. The van der Waals surface area contributed by atoms with Gasteiger partial charge in [0.2, 0.25) is 5.91 Å². The average Bonchev–Trinajstić information content (AvgIpc) is 3.05. The molecule has 2 aliphatic heterocycles. The summed E-state index contributed by atoms with van der Waals surface area (Å²) >= 11 is 12.0. The number of amides is 1. The largest absolute Gasteiger partial charge is 0.493 e. The van der Waals surface area contributed by atoms with E-state index >= 15 is 0 Å². The van der Waals surface area contributed by atoms with Crippen molar-refractivity contribution in [2.24, 2.45) is 5.92 Å². The summed E-state index contributed by atoms with van der Waals surface area (Å²) in [6.45, 7) is 3.35. The van der Waals surface area contributed by atoms with Crippen molar-refractivity contribution in [1.29, 1.82) is 0 Å². The lowest BCUT2D eigenvalue weighted by molar-refractivity contribution is -0.133. The highest BCUT2D eigenvalue weighted by Crippen LogP contribution is 2.26. The zero-order valence-corrected chi connectivity index (χ0v) is 16.5. The van der Waals surface area contributed by atoms with Crippen molar-refractivity contribution in [3.8, 4) is 5.75 Å². The van der Waals surface area contributed by atoms with Crippen LogP contribution < -0.4 is 10.1 Å². The summed E-state index contributed by atoms with van der Waals surface area (Å²) in [4.78, 5) is 14.3. The molecule has 1 amide bonds. The SMILES string of the molecule is Cl.O=C(CC1CCCN1)N1CCC(COc2cc(Cl)cc(Cl)c2)CC1. The predicted octanol–water partition coefficient (Wildman–Crippen LogP) is 4.17. The zero-order chi connectivity index (χ0) is 16.9. The van der Waals surface area contributed by atoms with Crippen LogP contribution in [0.1, 0.15) is 32.1 Å². The number of nitrogens with zero attached hydrogens (tertiary/aromatic N) is 1. The number of piperidine rings is 1. The molecule has 4 nitrogen and oxygen atoms in total. The van der Waals surface area contributed by atoms with E-state index in [1.807, 2.05) is 4.90 Å². The van der Waals surface area contributed by atoms with Gasteiger partial charge in [-0.3, -0.25) is 4.79 Å². The van der Waals surface area contributed by atoms with E-state index in [1.165, 1.54) is 6.42 Å². The van der Waals surface area contributed by atoms with Crippen molar-refractivity contribution < 1.29 is 9.53 Å². The number of benzene rings is 1. The molecule has 2 aliphatic rings. The van der Waals surface area contributed by atoms with Crippen LogP contribution in [0.2, 0.25) is 10.0 Å². The van der Waals surface area contributed by atoms with E-state index in [4.69, 9.17) is 27.9 Å². The third kappa shape index (κ3) is 6.21. The first-order chi connectivity index (χ1) is 11.6. The molecule has 1 aromatic rings. The highest BCUT2D eigenvalue weighted by molar-refractivity contribution is 6.34. The van der Waals surface area contributed by atoms with Crippen LogP contribution >= 0.6 is 35.6 Å². The number of nitrogens with one attached hydrogen (secondary N) is 1. The van der Waals surface area contributed by atoms with Crippen LogP contribution in [0.25, 0.3) is 0 Å². The van der Waals surface area contributed by atoms with Crippen LogP contribution in [0.5, 0.6) is 5.75 Å². The Morgan fingerprint density at radius 1 is 1.16 bits per heavy atom. The molecule has 3 rings (SSSR count). The van der Waals surface area contributed by atoms with Gasteiger partial charge in [0.15, 0.2) is 0 Å². The Bertz CT molecular complexity index is 551. The summed E-state index contributed by atoms with van der Waals surface area (Å²) in [6.07, 6.45) is 4.92. The first-order valence-corrected chi connectivity index (χ1v) is 9.46. The van der Waals surface area contributed by atoms with Crippen molar-refractivity contribution >= 4 is 41.5 Å². The molecule has 1 atom stereocenters. The van der Waals surface area contributed by atoms with Crippen molar-refractivity contribution in [3.05, 3.63) is 28.2 Å². The van der Waals surface area contributed by atoms with Gasteiger partial charge in [-0.05, 0) is 56.3 Å². The van der Waals surface area contributed by atoms with Gasteiger partial charge >= 0.3 is 0 Å². The lowest BCUT2D eigenvalue weighted by Gasteiger charge is -2.32. The van der Waals surface area contributed by atoms with E-state index in [9.17, 15) is 4.79 Å². The van der Waals surface area contributed by atoms with Crippen molar-refractivity contribution in [2.45, 2.75) is 38.1 Å². The van der Waals surface area contributed by atoms with Gasteiger partial charge in [0.05, 0.1) is 6.61 Å². The quantitative estimate of drug-likeness (QED) is 0.796. The number of ether oxygens (including phenoxy) is 1. The van der Waals surface area contributed by atoms with Crippen LogP contribution in [0.15, 0.2) is 18.2 Å². The molecule has 2 saturated heterocycles. The Hall–Kier alpha value is -0.680.